The molecule has 3 heterocycles. The highest BCUT2D eigenvalue weighted by Gasteiger charge is 2.32. The van der Waals surface area contributed by atoms with Crippen LogP contribution in [0.15, 0.2) is 12.4 Å². The van der Waals surface area contributed by atoms with Gasteiger partial charge in [0.25, 0.3) is 0 Å². The first-order valence-corrected chi connectivity index (χ1v) is 15.1. The van der Waals surface area contributed by atoms with Gasteiger partial charge < -0.3 is 20.7 Å². The summed E-state index contributed by atoms with van der Waals surface area (Å²) in [6.45, 7) is 12.5. The van der Waals surface area contributed by atoms with E-state index in [0.29, 0.717) is 41.5 Å². The third kappa shape index (κ3) is 5.66. The van der Waals surface area contributed by atoms with E-state index in [1.165, 1.54) is 6.20 Å². The summed E-state index contributed by atoms with van der Waals surface area (Å²) >= 11 is 0. The smallest absolute Gasteiger partial charge is 0.314 e. The Morgan fingerprint density at radius 1 is 1.28 bits per heavy atom. The summed E-state index contributed by atoms with van der Waals surface area (Å²) in [6.07, 6.45) is 5.91. The molecule has 0 spiro atoms. The number of pyridine rings is 1. The van der Waals surface area contributed by atoms with Gasteiger partial charge in [0.05, 0.1) is 29.0 Å². The van der Waals surface area contributed by atoms with E-state index in [9.17, 15) is 9.59 Å². The molecule has 1 fully saturated rings. The van der Waals surface area contributed by atoms with E-state index in [4.69, 9.17) is 10.5 Å². The van der Waals surface area contributed by atoms with Crippen LogP contribution in [-0.4, -0.2) is 58.7 Å². The average molecular weight is 461 g/mol. The number of aromatic nitrogens is 3. The molecule has 9 nitrogen and oxygen atoms in total. The molecule has 3 rings (SSSR count). The lowest BCUT2D eigenvalue weighted by atomic mass is 9.92. The van der Waals surface area contributed by atoms with Crippen molar-refractivity contribution in [3.05, 3.63) is 12.4 Å². The molecular weight excluding hydrogens is 424 g/mol. The highest BCUT2D eigenvalue weighted by molar-refractivity contribution is 6.76. The van der Waals surface area contributed by atoms with Crippen molar-refractivity contribution in [1.29, 1.82) is 0 Å². The van der Waals surface area contributed by atoms with Gasteiger partial charge in [-0.3, -0.25) is 9.59 Å². The van der Waals surface area contributed by atoms with Crippen molar-refractivity contribution in [3.63, 3.8) is 0 Å². The van der Waals surface area contributed by atoms with Crippen LogP contribution in [0.4, 0.5) is 11.5 Å². The number of nitrogen functional groups attached to an aromatic ring is 1. The Morgan fingerprint density at radius 2 is 2.03 bits per heavy atom. The predicted molar refractivity (Wildman–Crippen MR) is 129 cm³/mol. The zero-order valence-electron chi connectivity index (χ0n) is 19.9. The maximum Gasteiger partial charge on any atom is 0.314 e. The second-order valence-electron chi connectivity index (χ2n) is 9.97. The third-order valence-corrected chi connectivity index (χ3v) is 7.73. The fourth-order valence-corrected chi connectivity index (χ4v) is 4.79. The largest absolute Gasteiger partial charge is 0.383 e. The van der Waals surface area contributed by atoms with E-state index in [0.717, 1.165) is 25.3 Å². The first kappa shape index (κ1) is 24.2. The summed E-state index contributed by atoms with van der Waals surface area (Å²) in [6, 6.07) is 1.14. The molecule has 0 radical (unpaired) electrons. The van der Waals surface area contributed by atoms with Crippen molar-refractivity contribution in [2.45, 2.75) is 71.6 Å². The minimum Gasteiger partial charge on any atom is -0.383 e. The Kier molecular flexibility index (Phi) is 7.55. The lowest BCUT2D eigenvalue weighted by Gasteiger charge is -2.37. The Labute approximate surface area is 190 Å². The van der Waals surface area contributed by atoms with Gasteiger partial charge >= 0.3 is 11.8 Å². The molecule has 176 valence electrons. The van der Waals surface area contributed by atoms with Crippen molar-refractivity contribution in [2.75, 3.05) is 24.2 Å². The third-order valence-electron chi connectivity index (χ3n) is 6.03. The molecule has 2 atom stereocenters. The van der Waals surface area contributed by atoms with Gasteiger partial charge in [-0.2, -0.15) is 5.10 Å². The summed E-state index contributed by atoms with van der Waals surface area (Å²) in [5.74, 6) is -0.480. The highest BCUT2D eigenvalue weighted by Crippen LogP contribution is 2.28. The average Bonchev–Trinajstić information content (AvgIpc) is 3.17. The molecule has 1 aliphatic rings. The first-order valence-electron chi connectivity index (χ1n) is 11.4. The monoisotopic (exact) mass is 460 g/mol. The topological polar surface area (TPSA) is 115 Å². The van der Waals surface area contributed by atoms with E-state index in [1.54, 1.807) is 15.8 Å². The van der Waals surface area contributed by atoms with Crippen molar-refractivity contribution < 1.29 is 14.3 Å². The van der Waals surface area contributed by atoms with Crippen molar-refractivity contribution in [3.8, 4) is 0 Å². The number of carbonyl (C=O) groups is 2. The number of carbonyl (C=O) groups excluding carboxylic acids is 2. The van der Waals surface area contributed by atoms with Crippen LogP contribution in [0.2, 0.25) is 25.7 Å². The number of rotatable bonds is 7. The summed E-state index contributed by atoms with van der Waals surface area (Å²) in [5, 5.41) is 7.73. The number of nitrogens with one attached hydrogen (secondary N) is 1. The SMILES string of the molecule is CC[C@H]1CC[C@H](C)CN1C(=O)C(=O)Nc1cnc(N)c2cnn(COCC[Si](C)(C)C)c12. The number of fused-ring (bicyclic) bond motifs is 1. The lowest BCUT2D eigenvalue weighted by Crippen LogP contribution is -2.50. The first-order chi connectivity index (χ1) is 15.1. The van der Waals surface area contributed by atoms with Crippen molar-refractivity contribution in [2.24, 2.45) is 5.92 Å². The molecule has 3 N–H and O–H groups in total. The normalized spacial score (nSPS) is 19.3. The number of likely N-dealkylation sites (tertiary alicyclic amines) is 1. The summed E-state index contributed by atoms with van der Waals surface area (Å²) in [7, 11) is -1.20. The molecule has 0 bridgehead atoms. The van der Waals surface area contributed by atoms with Crippen molar-refractivity contribution in [1.82, 2.24) is 19.7 Å². The Morgan fingerprint density at radius 3 is 2.72 bits per heavy atom. The molecule has 10 heteroatoms. The summed E-state index contributed by atoms with van der Waals surface area (Å²) < 4.78 is 7.48. The number of piperidine rings is 1. The van der Waals surface area contributed by atoms with E-state index in [1.807, 2.05) is 6.92 Å². The van der Waals surface area contributed by atoms with Crippen LogP contribution in [0.5, 0.6) is 0 Å². The molecule has 2 aromatic rings. The molecular formula is C22H36N6O3Si. The number of hydrogen-bond donors (Lipinski definition) is 2. The number of ether oxygens (including phenoxy) is 1. The number of anilines is 2. The molecule has 32 heavy (non-hydrogen) atoms. The molecule has 0 aliphatic carbocycles. The minimum absolute atomic E-state index is 0.0966. The highest BCUT2D eigenvalue weighted by atomic mass is 28.3. The summed E-state index contributed by atoms with van der Waals surface area (Å²) in [4.78, 5) is 31.7. The molecule has 2 amide bonds. The summed E-state index contributed by atoms with van der Waals surface area (Å²) in [5.41, 5.74) is 7.02. The molecule has 2 aromatic heterocycles. The van der Waals surface area contributed by atoms with Crippen LogP contribution in [0.1, 0.15) is 33.1 Å². The van der Waals surface area contributed by atoms with Crippen LogP contribution in [-0.2, 0) is 21.1 Å². The van der Waals surface area contributed by atoms with E-state index < -0.39 is 19.9 Å². The van der Waals surface area contributed by atoms with Crippen LogP contribution < -0.4 is 11.1 Å². The number of nitrogens with two attached hydrogens (primary N) is 1. The van der Waals surface area contributed by atoms with Gasteiger partial charge in [0.2, 0.25) is 0 Å². The predicted octanol–water partition coefficient (Wildman–Crippen LogP) is 3.30. The second kappa shape index (κ2) is 9.99. The number of nitrogens with zero attached hydrogens (tertiary/aromatic N) is 4. The van der Waals surface area contributed by atoms with Crippen molar-refractivity contribution >= 4 is 42.3 Å². The van der Waals surface area contributed by atoms with E-state index in [2.05, 4.69) is 42.0 Å². The Hall–Kier alpha value is -2.46. The lowest BCUT2D eigenvalue weighted by molar-refractivity contribution is -0.146. The standard InChI is InChI=1S/C22H36N6O3Si/c1-6-16-8-7-15(2)13-27(16)22(30)21(29)26-18-12-24-20(23)17-11-25-28(19(17)18)14-31-9-10-32(3,4)5/h11-12,15-16H,6-10,13-14H2,1-5H3,(H2,23,24)(H,26,29)/t15-,16-/m0/s1. The number of amides is 2. The van der Waals surface area contributed by atoms with Gasteiger partial charge in [0.15, 0.2) is 0 Å². The van der Waals surface area contributed by atoms with Gasteiger partial charge in [-0.25, -0.2) is 9.67 Å². The van der Waals surface area contributed by atoms with Gasteiger partial charge in [0, 0.05) is 27.3 Å². The van der Waals surface area contributed by atoms with E-state index in [-0.39, 0.29) is 12.8 Å². The van der Waals surface area contributed by atoms with Crippen LogP contribution in [0.3, 0.4) is 0 Å². The second-order valence-corrected chi connectivity index (χ2v) is 15.6. The van der Waals surface area contributed by atoms with Gasteiger partial charge in [-0.1, -0.05) is 33.5 Å². The van der Waals surface area contributed by atoms with Crippen LogP contribution >= 0.6 is 0 Å². The van der Waals surface area contributed by atoms with Crippen LogP contribution in [0, 0.1) is 5.92 Å². The molecule has 0 saturated carbocycles. The maximum absolute atomic E-state index is 13.0. The Bertz CT molecular complexity index is 970. The maximum atomic E-state index is 13.0. The molecule has 0 unspecified atom stereocenters. The number of hydrogen-bond acceptors (Lipinski definition) is 6. The van der Waals surface area contributed by atoms with Gasteiger partial charge in [0.1, 0.15) is 12.5 Å². The zero-order chi connectivity index (χ0) is 23.5. The quantitative estimate of drug-likeness (QED) is 0.372. The fraction of sp³-hybridized carbons (Fsp3) is 0.636. The zero-order valence-corrected chi connectivity index (χ0v) is 20.9. The van der Waals surface area contributed by atoms with Crippen LogP contribution in [0.25, 0.3) is 10.9 Å². The fourth-order valence-electron chi connectivity index (χ4n) is 4.03. The molecule has 1 saturated heterocycles. The van der Waals surface area contributed by atoms with Gasteiger partial charge in [-0.05, 0) is 31.2 Å². The Balaban J connectivity index is 1.77. The minimum atomic E-state index is -1.20. The van der Waals surface area contributed by atoms with Gasteiger partial charge in [-0.15, -0.1) is 0 Å². The molecule has 0 aromatic carbocycles. The van der Waals surface area contributed by atoms with E-state index >= 15 is 0 Å². The molecule has 1 aliphatic heterocycles.